The molecule has 5 rings (SSSR count). The molecule has 1 unspecified atom stereocenters. The van der Waals surface area contributed by atoms with Gasteiger partial charge in [-0.25, -0.2) is 9.97 Å². The van der Waals surface area contributed by atoms with E-state index in [1.54, 1.807) is 18.5 Å². The number of aromatic nitrogens is 3. The van der Waals surface area contributed by atoms with Crippen LogP contribution in [0.2, 0.25) is 0 Å². The lowest BCUT2D eigenvalue weighted by Gasteiger charge is -2.41. The van der Waals surface area contributed by atoms with Gasteiger partial charge in [0.15, 0.2) is 5.76 Å². The first-order valence-corrected chi connectivity index (χ1v) is 11.3. The molecule has 1 aliphatic heterocycles. The smallest absolute Gasteiger partial charge is 0.314 e. The minimum Gasteiger partial charge on any atom is -0.481 e. The lowest BCUT2D eigenvalue weighted by atomic mass is 9.64. The number of carboxylic acids is 1. The summed E-state index contributed by atoms with van der Waals surface area (Å²) in [5, 5.41) is 17.5. The van der Waals surface area contributed by atoms with Gasteiger partial charge in [0, 0.05) is 31.2 Å². The molecule has 0 radical (unpaired) electrons. The Bertz CT molecular complexity index is 1110. The number of hydrogen-bond acceptors (Lipinski definition) is 8. The minimum absolute atomic E-state index is 0.0992. The van der Waals surface area contributed by atoms with Crippen molar-refractivity contribution >= 4 is 23.3 Å². The summed E-state index contributed by atoms with van der Waals surface area (Å²) in [6.07, 6.45) is 5.67. The summed E-state index contributed by atoms with van der Waals surface area (Å²) >= 11 is 0. The molecule has 33 heavy (non-hydrogen) atoms. The molecule has 1 aromatic carbocycles. The molecule has 0 spiro atoms. The van der Waals surface area contributed by atoms with Crippen molar-refractivity contribution in [1.29, 1.82) is 0 Å². The molecule has 2 aliphatic rings. The van der Waals surface area contributed by atoms with Gasteiger partial charge in [0.2, 0.25) is 5.95 Å². The Kier molecular flexibility index (Phi) is 5.49. The van der Waals surface area contributed by atoms with Crippen LogP contribution in [0.3, 0.4) is 0 Å². The zero-order chi connectivity index (χ0) is 23.0. The van der Waals surface area contributed by atoms with Crippen molar-refractivity contribution in [2.24, 2.45) is 0 Å². The number of aryl methyl sites for hydroxylation is 2. The van der Waals surface area contributed by atoms with Crippen LogP contribution in [0.4, 0.5) is 17.3 Å². The summed E-state index contributed by atoms with van der Waals surface area (Å²) in [5.41, 5.74) is 2.91. The molecule has 0 bridgehead atoms. The quantitative estimate of drug-likeness (QED) is 0.588. The highest BCUT2D eigenvalue weighted by Crippen LogP contribution is 2.44. The number of nitrogens with zero attached hydrogens (tertiary/aromatic N) is 5. The van der Waals surface area contributed by atoms with Gasteiger partial charge in [0.1, 0.15) is 17.5 Å². The molecule has 1 saturated heterocycles. The standard InChI is InChI=1S/C24H28N6O3/c1-16-21(17(2)33-28-16)29-14-13-25-20(15-29)30(23-26-11-4-12-27-23)19-7-5-18(6-8-19)24(22(31)32)9-3-10-24/h4-8,11-12,20,25H,3,9-10,13-15H2,1-2H3,(H,31,32). The topological polar surface area (TPSA) is 108 Å². The normalized spacial score (nSPS) is 19.7. The van der Waals surface area contributed by atoms with E-state index in [9.17, 15) is 9.90 Å². The van der Waals surface area contributed by atoms with Crippen LogP contribution < -0.4 is 15.1 Å². The van der Waals surface area contributed by atoms with E-state index in [1.807, 2.05) is 38.1 Å². The number of carboxylic acid groups (broad SMARTS) is 1. The van der Waals surface area contributed by atoms with Gasteiger partial charge in [-0.2, -0.15) is 0 Å². The van der Waals surface area contributed by atoms with E-state index >= 15 is 0 Å². The third kappa shape index (κ3) is 3.72. The Balaban J connectivity index is 1.48. The Morgan fingerprint density at radius 1 is 1.21 bits per heavy atom. The van der Waals surface area contributed by atoms with Gasteiger partial charge in [0.25, 0.3) is 0 Å². The molecule has 3 aromatic rings. The van der Waals surface area contributed by atoms with Crippen molar-refractivity contribution in [3.8, 4) is 0 Å². The van der Waals surface area contributed by atoms with E-state index < -0.39 is 11.4 Å². The fourth-order valence-corrected chi connectivity index (χ4v) is 4.98. The molecule has 3 heterocycles. The second-order valence-electron chi connectivity index (χ2n) is 8.80. The van der Waals surface area contributed by atoms with Crippen LogP contribution in [0.25, 0.3) is 0 Å². The van der Waals surface area contributed by atoms with Gasteiger partial charge in [0.05, 0.1) is 12.0 Å². The molecule has 172 valence electrons. The highest BCUT2D eigenvalue weighted by Gasteiger charge is 2.46. The highest BCUT2D eigenvalue weighted by molar-refractivity contribution is 5.83. The minimum atomic E-state index is -0.754. The van der Waals surface area contributed by atoms with Crippen molar-refractivity contribution in [3.05, 3.63) is 59.7 Å². The average Bonchev–Trinajstić information content (AvgIpc) is 3.13. The van der Waals surface area contributed by atoms with Crippen LogP contribution in [0.1, 0.15) is 36.3 Å². The fraction of sp³-hybridized carbons (Fsp3) is 0.417. The lowest BCUT2D eigenvalue weighted by Crippen LogP contribution is -2.58. The zero-order valence-electron chi connectivity index (χ0n) is 18.9. The Morgan fingerprint density at radius 3 is 2.52 bits per heavy atom. The predicted octanol–water partition coefficient (Wildman–Crippen LogP) is 3.16. The summed E-state index contributed by atoms with van der Waals surface area (Å²) in [4.78, 5) is 25.3. The van der Waals surface area contributed by atoms with Crippen molar-refractivity contribution in [2.45, 2.75) is 44.7 Å². The average molecular weight is 449 g/mol. The molecule has 2 fully saturated rings. The zero-order valence-corrected chi connectivity index (χ0v) is 18.9. The fourth-order valence-electron chi connectivity index (χ4n) is 4.98. The number of anilines is 3. The number of nitrogens with one attached hydrogen (secondary N) is 1. The largest absolute Gasteiger partial charge is 0.481 e. The van der Waals surface area contributed by atoms with E-state index in [-0.39, 0.29) is 6.17 Å². The van der Waals surface area contributed by atoms with Gasteiger partial charge < -0.3 is 14.5 Å². The number of benzene rings is 1. The number of hydrogen-bond donors (Lipinski definition) is 2. The maximum absolute atomic E-state index is 11.9. The number of aliphatic carboxylic acids is 1. The van der Waals surface area contributed by atoms with E-state index in [0.29, 0.717) is 25.3 Å². The Labute approximate surface area is 192 Å². The number of rotatable bonds is 6. The third-order valence-corrected chi connectivity index (χ3v) is 6.86. The van der Waals surface area contributed by atoms with Crippen LogP contribution >= 0.6 is 0 Å². The van der Waals surface area contributed by atoms with Gasteiger partial charge in [-0.05, 0) is 50.5 Å². The maximum atomic E-state index is 11.9. The highest BCUT2D eigenvalue weighted by atomic mass is 16.5. The molecule has 0 amide bonds. The Morgan fingerprint density at radius 2 is 1.94 bits per heavy atom. The first-order chi connectivity index (χ1) is 16.0. The Hall–Kier alpha value is -3.46. The van der Waals surface area contributed by atoms with Gasteiger partial charge >= 0.3 is 5.97 Å². The van der Waals surface area contributed by atoms with E-state index in [4.69, 9.17) is 4.52 Å². The van der Waals surface area contributed by atoms with Gasteiger partial charge in [-0.15, -0.1) is 0 Å². The predicted molar refractivity (Wildman–Crippen MR) is 124 cm³/mol. The van der Waals surface area contributed by atoms with Gasteiger partial charge in [-0.3, -0.25) is 15.0 Å². The first kappa shape index (κ1) is 21.4. The molecule has 1 aliphatic carbocycles. The second-order valence-corrected chi connectivity index (χ2v) is 8.80. The summed E-state index contributed by atoms with van der Waals surface area (Å²) < 4.78 is 5.40. The molecule has 1 atom stereocenters. The van der Waals surface area contributed by atoms with Crippen LogP contribution in [0.5, 0.6) is 0 Å². The summed E-state index contributed by atoms with van der Waals surface area (Å²) in [6.45, 7) is 6.18. The molecule has 9 heteroatoms. The van der Waals surface area contributed by atoms with Gasteiger partial charge in [-0.1, -0.05) is 23.7 Å². The van der Waals surface area contributed by atoms with E-state index in [2.05, 4.69) is 30.2 Å². The van der Waals surface area contributed by atoms with Crippen molar-refractivity contribution in [1.82, 2.24) is 20.4 Å². The summed E-state index contributed by atoms with van der Waals surface area (Å²) in [5.74, 6) is 0.647. The van der Waals surface area contributed by atoms with E-state index in [1.165, 1.54) is 0 Å². The van der Waals surface area contributed by atoms with E-state index in [0.717, 1.165) is 47.9 Å². The first-order valence-electron chi connectivity index (χ1n) is 11.3. The molecule has 2 aromatic heterocycles. The molecule has 9 nitrogen and oxygen atoms in total. The number of piperazine rings is 1. The SMILES string of the molecule is Cc1noc(C)c1N1CCNC(N(c2ccc(C3(C(=O)O)CCC3)cc2)c2ncccn2)C1. The van der Waals surface area contributed by atoms with Crippen LogP contribution in [0.15, 0.2) is 47.2 Å². The second kappa shape index (κ2) is 8.47. The van der Waals surface area contributed by atoms with Crippen LogP contribution in [-0.4, -0.2) is 52.0 Å². The van der Waals surface area contributed by atoms with Crippen molar-refractivity contribution in [2.75, 3.05) is 29.4 Å². The van der Waals surface area contributed by atoms with Crippen LogP contribution in [-0.2, 0) is 10.2 Å². The molecule has 1 saturated carbocycles. The molecule has 2 N–H and O–H groups in total. The molecular formula is C24H28N6O3. The van der Waals surface area contributed by atoms with Crippen molar-refractivity contribution in [3.63, 3.8) is 0 Å². The monoisotopic (exact) mass is 448 g/mol. The summed E-state index contributed by atoms with van der Waals surface area (Å²) in [6, 6.07) is 9.62. The number of carbonyl (C=O) groups is 1. The van der Waals surface area contributed by atoms with Crippen molar-refractivity contribution < 1.29 is 14.4 Å². The molecular weight excluding hydrogens is 420 g/mol. The maximum Gasteiger partial charge on any atom is 0.314 e. The third-order valence-electron chi connectivity index (χ3n) is 6.86. The summed E-state index contributed by atoms with van der Waals surface area (Å²) in [7, 11) is 0. The van der Waals surface area contributed by atoms with Crippen LogP contribution in [0, 0.1) is 13.8 Å². The lowest BCUT2D eigenvalue weighted by molar-refractivity contribution is -0.147.